The number of para-hydroxylation sites is 1. The minimum absolute atomic E-state index is 0.0386. The van der Waals surface area contributed by atoms with E-state index in [1.807, 2.05) is 29.6 Å². The molecule has 0 aliphatic carbocycles. The smallest absolute Gasteiger partial charge is 0.270 e. The Labute approximate surface area is 160 Å². The Morgan fingerprint density at radius 1 is 1.30 bits per heavy atom. The lowest BCUT2D eigenvalue weighted by Gasteiger charge is -2.07. The second-order valence-electron chi connectivity index (χ2n) is 5.60. The number of ether oxygens (including phenoxy) is 1. The predicted octanol–water partition coefficient (Wildman–Crippen LogP) is 4.95. The third-order valence-corrected chi connectivity index (χ3v) is 4.35. The van der Waals surface area contributed by atoms with E-state index in [1.165, 1.54) is 23.5 Å². The Bertz CT molecular complexity index is 955. The number of thiazole rings is 1. The molecular formula is C19H18N4O3S. The number of rotatable bonds is 8. The monoisotopic (exact) mass is 382 g/mol. The second-order valence-corrected chi connectivity index (χ2v) is 6.46. The molecule has 0 radical (unpaired) electrons. The molecule has 0 saturated carbocycles. The largest absolute Gasteiger partial charge is 0.493 e. The molecule has 0 saturated heterocycles. The molecule has 0 amide bonds. The van der Waals surface area contributed by atoms with Crippen molar-refractivity contribution in [1.29, 1.82) is 0 Å². The fourth-order valence-corrected chi connectivity index (χ4v) is 2.99. The van der Waals surface area contributed by atoms with Gasteiger partial charge in [-0.3, -0.25) is 15.5 Å². The third-order valence-electron chi connectivity index (χ3n) is 3.60. The highest BCUT2D eigenvalue weighted by molar-refractivity contribution is 7.14. The maximum atomic E-state index is 10.9. The molecule has 27 heavy (non-hydrogen) atoms. The van der Waals surface area contributed by atoms with Gasteiger partial charge in [-0.1, -0.05) is 31.2 Å². The van der Waals surface area contributed by atoms with Crippen LogP contribution in [0.4, 0.5) is 10.8 Å². The molecule has 2 aromatic carbocycles. The van der Waals surface area contributed by atoms with Gasteiger partial charge in [-0.25, -0.2) is 4.98 Å². The van der Waals surface area contributed by atoms with Crippen LogP contribution in [0.5, 0.6) is 5.75 Å². The summed E-state index contributed by atoms with van der Waals surface area (Å²) in [5, 5.41) is 17.5. The van der Waals surface area contributed by atoms with E-state index in [9.17, 15) is 10.1 Å². The molecule has 1 aromatic heterocycles. The van der Waals surface area contributed by atoms with E-state index in [1.54, 1.807) is 18.3 Å². The Balaban J connectivity index is 1.69. The van der Waals surface area contributed by atoms with Crippen LogP contribution in [0.1, 0.15) is 18.9 Å². The molecule has 1 heterocycles. The Hall–Kier alpha value is -3.26. The quantitative estimate of drug-likeness (QED) is 0.338. The van der Waals surface area contributed by atoms with Gasteiger partial charge in [-0.05, 0) is 18.6 Å². The van der Waals surface area contributed by atoms with E-state index >= 15 is 0 Å². The number of non-ortho nitro benzene ring substituents is 1. The highest BCUT2D eigenvalue weighted by Gasteiger charge is 2.09. The number of anilines is 1. The fraction of sp³-hybridized carbons (Fsp3) is 0.158. The van der Waals surface area contributed by atoms with Gasteiger partial charge in [-0.2, -0.15) is 5.10 Å². The maximum absolute atomic E-state index is 10.9. The number of hydrazone groups is 1. The first-order valence-electron chi connectivity index (χ1n) is 8.38. The molecule has 0 unspecified atom stereocenters. The Morgan fingerprint density at radius 3 is 2.96 bits per heavy atom. The van der Waals surface area contributed by atoms with Gasteiger partial charge in [0.25, 0.3) is 5.69 Å². The molecule has 0 atom stereocenters. The highest BCUT2D eigenvalue weighted by atomic mass is 32.1. The van der Waals surface area contributed by atoms with Crippen molar-refractivity contribution < 1.29 is 9.66 Å². The summed E-state index contributed by atoms with van der Waals surface area (Å²) >= 11 is 1.37. The van der Waals surface area contributed by atoms with Crippen molar-refractivity contribution in [3.05, 3.63) is 69.6 Å². The number of hydrogen-bond acceptors (Lipinski definition) is 7. The molecule has 138 valence electrons. The van der Waals surface area contributed by atoms with E-state index in [-0.39, 0.29) is 5.69 Å². The van der Waals surface area contributed by atoms with Crippen molar-refractivity contribution in [2.45, 2.75) is 13.3 Å². The van der Waals surface area contributed by atoms with Crippen LogP contribution in [0.25, 0.3) is 11.3 Å². The summed E-state index contributed by atoms with van der Waals surface area (Å²) in [6.45, 7) is 2.71. The van der Waals surface area contributed by atoms with E-state index in [0.29, 0.717) is 23.0 Å². The van der Waals surface area contributed by atoms with Gasteiger partial charge in [0.15, 0.2) is 0 Å². The van der Waals surface area contributed by atoms with Crippen LogP contribution in [-0.2, 0) is 0 Å². The fourth-order valence-electron chi connectivity index (χ4n) is 2.32. The predicted molar refractivity (Wildman–Crippen MR) is 108 cm³/mol. The molecule has 0 bridgehead atoms. The normalized spacial score (nSPS) is 10.9. The van der Waals surface area contributed by atoms with E-state index < -0.39 is 4.92 Å². The Kier molecular flexibility index (Phi) is 6.11. The van der Waals surface area contributed by atoms with E-state index in [0.717, 1.165) is 17.7 Å². The topological polar surface area (TPSA) is 89.7 Å². The van der Waals surface area contributed by atoms with Crippen molar-refractivity contribution in [2.75, 3.05) is 12.0 Å². The van der Waals surface area contributed by atoms with E-state index in [2.05, 4.69) is 22.4 Å². The van der Waals surface area contributed by atoms with Crippen LogP contribution in [0.15, 0.2) is 59.0 Å². The van der Waals surface area contributed by atoms with Crippen molar-refractivity contribution in [3.8, 4) is 17.0 Å². The molecule has 7 nitrogen and oxygen atoms in total. The van der Waals surface area contributed by atoms with Crippen LogP contribution in [0.3, 0.4) is 0 Å². The summed E-state index contributed by atoms with van der Waals surface area (Å²) in [4.78, 5) is 14.9. The summed E-state index contributed by atoms with van der Waals surface area (Å²) in [5.74, 6) is 0.779. The van der Waals surface area contributed by atoms with Gasteiger partial charge in [0.1, 0.15) is 5.75 Å². The van der Waals surface area contributed by atoms with Crippen LogP contribution < -0.4 is 10.2 Å². The Morgan fingerprint density at radius 2 is 2.15 bits per heavy atom. The lowest BCUT2D eigenvalue weighted by Crippen LogP contribution is -1.99. The summed E-state index contributed by atoms with van der Waals surface area (Å²) in [6, 6.07) is 14.1. The number of nitrogens with zero attached hydrogens (tertiary/aromatic N) is 3. The number of hydrogen-bond donors (Lipinski definition) is 1. The zero-order valence-electron chi connectivity index (χ0n) is 14.7. The van der Waals surface area contributed by atoms with Gasteiger partial charge >= 0.3 is 0 Å². The van der Waals surface area contributed by atoms with Crippen molar-refractivity contribution in [3.63, 3.8) is 0 Å². The second kappa shape index (κ2) is 8.91. The molecule has 0 fully saturated rings. The average Bonchev–Trinajstić information content (AvgIpc) is 3.16. The molecule has 3 rings (SSSR count). The van der Waals surface area contributed by atoms with Gasteiger partial charge < -0.3 is 4.74 Å². The first-order valence-corrected chi connectivity index (χ1v) is 9.26. The molecule has 0 spiro atoms. The lowest BCUT2D eigenvalue weighted by molar-refractivity contribution is -0.384. The number of nitro groups is 1. The standard InChI is InChI=1S/C19H18N4O3S/c1-2-10-26-18-9-4-3-6-15(18)12-20-22-19-21-17(13-27-19)14-7-5-8-16(11-14)23(24)25/h3-9,11-13H,2,10H2,1H3,(H,21,22)/b20-12+. The summed E-state index contributed by atoms with van der Waals surface area (Å²) in [6.07, 6.45) is 2.61. The van der Waals surface area contributed by atoms with Gasteiger partial charge in [-0.15, -0.1) is 11.3 Å². The van der Waals surface area contributed by atoms with Crippen molar-refractivity contribution in [1.82, 2.24) is 4.98 Å². The van der Waals surface area contributed by atoms with Crippen LogP contribution in [0, 0.1) is 10.1 Å². The number of aromatic nitrogens is 1. The van der Waals surface area contributed by atoms with Gasteiger partial charge in [0, 0.05) is 28.6 Å². The maximum Gasteiger partial charge on any atom is 0.270 e. The van der Waals surface area contributed by atoms with Crippen molar-refractivity contribution >= 4 is 28.4 Å². The minimum atomic E-state index is -0.419. The lowest BCUT2D eigenvalue weighted by atomic mass is 10.1. The van der Waals surface area contributed by atoms with Gasteiger partial charge in [0.2, 0.25) is 5.13 Å². The van der Waals surface area contributed by atoms with Crippen LogP contribution in [-0.4, -0.2) is 22.7 Å². The molecule has 1 N–H and O–H groups in total. The van der Waals surface area contributed by atoms with E-state index in [4.69, 9.17) is 4.74 Å². The molecule has 8 heteroatoms. The molecule has 0 aliphatic rings. The zero-order chi connectivity index (χ0) is 19.1. The molecular weight excluding hydrogens is 364 g/mol. The zero-order valence-corrected chi connectivity index (χ0v) is 15.5. The molecule has 0 aliphatic heterocycles. The average molecular weight is 382 g/mol. The highest BCUT2D eigenvalue weighted by Crippen LogP contribution is 2.27. The summed E-state index contributed by atoms with van der Waals surface area (Å²) < 4.78 is 5.69. The number of benzene rings is 2. The summed E-state index contributed by atoms with van der Waals surface area (Å²) in [7, 11) is 0. The third kappa shape index (κ3) is 4.89. The first kappa shape index (κ1) is 18.5. The molecule has 3 aromatic rings. The minimum Gasteiger partial charge on any atom is -0.493 e. The summed E-state index contributed by atoms with van der Waals surface area (Å²) in [5.41, 5.74) is 5.15. The van der Waals surface area contributed by atoms with Crippen molar-refractivity contribution in [2.24, 2.45) is 5.10 Å². The van der Waals surface area contributed by atoms with Crippen LogP contribution >= 0.6 is 11.3 Å². The SMILES string of the molecule is CCCOc1ccccc1/C=N/Nc1nc(-c2cccc([N+](=O)[O-])c2)cs1. The first-order chi connectivity index (χ1) is 13.2. The number of nitrogens with one attached hydrogen (secondary N) is 1. The van der Waals surface area contributed by atoms with Crippen LogP contribution in [0.2, 0.25) is 0 Å². The number of nitro benzene ring substituents is 1. The van der Waals surface area contributed by atoms with Gasteiger partial charge in [0.05, 0.1) is 23.4 Å².